The summed E-state index contributed by atoms with van der Waals surface area (Å²) < 4.78 is 34.9. The van der Waals surface area contributed by atoms with Gasteiger partial charge in [0.15, 0.2) is 5.76 Å². The van der Waals surface area contributed by atoms with E-state index in [-0.39, 0.29) is 23.2 Å². The van der Waals surface area contributed by atoms with Crippen LogP contribution in [0.25, 0.3) is 10.8 Å². The second kappa shape index (κ2) is 7.81. The number of fused-ring (bicyclic) bond motifs is 2. The smallest absolute Gasteiger partial charge is 0.293 e. The van der Waals surface area contributed by atoms with Crippen molar-refractivity contribution in [2.24, 2.45) is 5.14 Å². The van der Waals surface area contributed by atoms with Crippen LogP contribution in [0.15, 0.2) is 82.1 Å². The molecular weight excluding hydrogens is 428 g/mol. The van der Waals surface area contributed by atoms with Gasteiger partial charge in [-0.15, -0.1) is 0 Å². The first-order valence-electron chi connectivity index (χ1n) is 10.1. The maximum Gasteiger partial charge on any atom is 0.293 e. The minimum atomic E-state index is -3.86. The molecule has 5 rings (SSSR count). The molecule has 0 bridgehead atoms. The Kier molecular flexibility index (Phi) is 4.96. The monoisotopic (exact) mass is 448 g/mol. The number of benzene rings is 3. The Labute approximate surface area is 185 Å². The van der Waals surface area contributed by atoms with Crippen molar-refractivity contribution >= 4 is 32.4 Å². The minimum absolute atomic E-state index is 0.0279. The molecule has 0 fully saturated rings. The minimum Gasteiger partial charge on any atom is -0.486 e. The molecule has 0 saturated carbocycles. The second-order valence-electron chi connectivity index (χ2n) is 7.61. The van der Waals surface area contributed by atoms with Crippen LogP contribution in [0, 0.1) is 0 Å². The van der Waals surface area contributed by atoms with Gasteiger partial charge in [-0.3, -0.25) is 4.79 Å². The molecule has 4 aromatic rings. The molecule has 1 aliphatic rings. The van der Waals surface area contributed by atoms with Gasteiger partial charge in [0.1, 0.15) is 18.1 Å². The largest absolute Gasteiger partial charge is 0.486 e. The SMILES string of the molecule is NS(=O)(=O)c1ccc2c(c1)N(C(=O)c1ccc(COc3ccc4ccccc4c3)o1)CC2. The first-order valence-corrected chi connectivity index (χ1v) is 11.6. The zero-order chi connectivity index (χ0) is 22.3. The predicted molar refractivity (Wildman–Crippen MR) is 120 cm³/mol. The van der Waals surface area contributed by atoms with E-state index in [1.54, 1.807) is 18.2 Å². The van der Waals surface area contributed by atoms with Crippen LogP contribution in [-0.2, 0) is 23.1 Å². The van der Waals surface area contributed by atoms with Crippen LogP contribution in [0.1, 0.15) is 21.9 Å². The molecule has 0 saturated heterocycles. The van der Waals surface area contributed by atoms with E-state index in [1.165, 1.54) is 17.0 Å². The van der Waals surface area contributed by atoms with Crippen molar-refractivity contribution in [2.75, 3.05) is 11.4 Å². The summed E-state index contributed by atoms with van der Waals surface area (Å²) in [6.07, 6.45) is 0.630. The highest BCUT2D eigenvalue weighted by Crippen LogP contribution is 2.32. The van der Waals surface area contributed by atoms with Crippen molar-refractivity contribution in [1.29, 1.82) is 0 Å². The van der Waals surface area contributed by atoms with Gasteiger partial charge in [0.2, 0.25) is 10.0 Å². The maximum absolute atomic E-state index is 13.0. The highest BCUT2D eigenvalue weighted by Gasteiger charge is 2.28. The molecule has 162 valence electrons. The van der Waals surface area contributed by atoms with Crippen molar-refractivity contribution < 1.29 is 22.4 Å². The van der Waals surface area contributed by atoms with Gasteiger partial charge >= 0.3 is 0 Å². The molecular formula is C24H20N2O5S. The van der Waals surface area contributed by atoms with Gasteiger partial charge in [0.25, 0.3) is 5.91 Å². The molecule has 2 N–H and O–H groups in total. The standard InChI is InChI=1S/C24H20N2O5S/c25-32(28,29)21-9-6-17-11-12-26(22(17)14-21)24(27)23-10-8-20(31-23)15-30-19-7-5-16-3-1-2-4-18(16)13-19/h1-10,13-14H,11-12,15H2,(H2,25,28,29). The Balaban J connectivity index is 1.31. The van der Waals surface area contributed by atoms with Crippen molar-refractivity contribution in [2.45, 2.75) is 17.9 Å². The first kappa shape index (κ1) is 20.3. The number of ether oxygens (including phenoxy) is 1. The lowest BCUT2D eigenvalue weighted by molar-refractivity contribution is 0.0958. The fourth-order valence-electron chi connectivity index (χ4n) is 3.86. The number of nitrogens with zero attached hydrogens (tertiary/aromatic N) is 1. The highest BCUT2D eigenvalue weighted by molar-refractivity contribution is 7.89. The average molecular weight is 449 g/mol. The fourth-order valence-corrected chi connectivity index (χ4v) is 4.40. The van der Waals surface area contributed by atoms with Crippen molar-refractivity contribution in [3.05, 3.63) is 89.9 Å². The number of primary sulfonamides is 1. The summed E-state index contributed by atoms with van der Waals surface area (Å²) in [5.74, 6) is 1.04. The normalized spacial score (nSPS) is 13.3. The number of amides is 1. The van der Waals surface area contributed by atoms with Gasteiger partial charge in [-0.25, -0.2) is 13.6 Å². The molecule has 0 atom stereocenters. The topological polar surface area (TPSA) is 103 Å². The molecule has 7 nitrogen and oxygen atoms in total. The Hall–Kier alpha value is -3.62. The number of furan rings is 1. The van der Waals surface area contributed by atoms with Crippen molar-refractivity contribution in [3.63, 3.8) is 0 Å². The quantitative estimate of drug-likeness (QED) is 0.499. The Morgan fingerprint density at radius 3 is 2.62 bits per heavy atom. The summed E-state index contributed by atoms with van der Waals surface area (Å²) in [5.41, 5.74) is 1.42. The molecule has 32 heavy (non-hydrogen) atoms. The Bertz CT molecular complexity index is 1440. The summed E-state index contributed by atoms with van der Waals surface area (Å²) in [6.45, 7) is 0.615. The lowest BCUT2D eigenvalue weighted by atomic mass is 10.1. The Morgan fingerprint density at radius 1 is 1.00 bits per heavy atom. The third kappa shape index (κ3) is 3.86. The molecule has 1 aromatic heterocycles. The van der Waals surface area contributed by atoms with E-state index < -0.39 is 10.0 Å². The van der Waals surface area contributed by atoms with Gasteiger partial charge in [0, 0.05) is 12.2 Å². The molecule has 2 heterocycles. The number of hydrogen-bond acceptors (Lipinski definition) is 5. The van der Waals surface area contributed by atoms with Crippen LogP contribution in [0.2, 0.25) is 0 Å². The Morgan fingerprint density at radius 2 is 1.81 bits per heavy atom. The highest BCUT2D eigenvalue weighted by atomic mass is 32.2. The van der Waals surface area contributed by atoms with Crippen LogP contribution in [0.4, 0.5) is 5.69 Å². The van der Waals surface area contributed by atoms with Crippen molar-refractivity contribution in [3.8, 4) is 5.75 Å². The predicted octanol–water partition coefficient (Wildman–Crippen LogP) is 3.86. The molecule has 0 radical (unpaired) electrons. The lowest BCUT2D eigenvalue weighted by Gasteiger charge is -2.16. The van der Waals surface area contributed by atoms with Gasteiger partial charge in [-0.2, -0.15) is 0 Å². The van der Waals surface area contributed by atoms with Gasteiger partial charge < -0.3 is 14.1 Å². The number of rotatable bonds is 5. The fraction of sp³-hybridized carbons (Fsp3) is 0.125. The summed E-state index contributed by atoms with van der Waals surface area (Å²) >= 11 is 0. The second-order valence-corrected chi connectivity index (χ2v) is 9.17. The molecule has 1 amide bonds. The zero-order valence-corrected chi connectivity index (χ0v) is 17.8. The van der Waals surface area contributed by atoms with E-state index in [0.29, 0.717) is 30.2 Å². The van der Waals surface area contributed by atoms with E-state index in [2.05, 4.69) is 0 Å². The average Bonchev–Trinajstić information content (AvgIpc) is 3.43. The van der Waals surface area contributed by atoms with E-state index in [1.807, 2.05) is 42.5 Å². The number of sulfonamides is 1. The molecule has 3 aromatic carbocycles. The maximum atomic E-state index is 13.0. The van der Waals surface area contributed by atoms with Crippen LogP contribution >= 0.6 is 0 Å². The number of nitrogens with two attached hydrogens (primary N) is 1. The third-order valence-electron chi connectivity index (χ3n) is 5.50. The summed E-state index contributed by atoms with van der Waals surface area (Å²) in [4.78, 5) is 14.5. The molecule has 1 aliphatic heterocycles. The van der Waals surface area contributed by atoms with Crippen LogP contribution < -0.4 is 14.8 Å². The van der Waals surface area contributed by atoms with Gasteiger partial charge in [-0.1, -0.05) is 36.4 Å². The molecule has 0 unspecified atom stereocenters. The van der Waals surface area contributed by atoms with E-state index >= 15 is 0 Å². The molecule has 0 spiro atoms. The lowest BCUT2D eigenvalue weighted by Crippen LogP contribution is -2.28. The van der Waals surface area contributed by atoms with Crippen LogP contribution in [0.5, 0.6) is 5.75 Å². The summed E-state index contributed by atoms with van der Waals surface area (Å²) in [5, 5.41) is 7.44. The first-order chi connectivity index (χ1) is 15.4. The van der Waals surface area contributed by atoms with Crippen LogP contribution in [0.3, 0.4) is 0 Å². The van der Waals surface area contributed by atoms with E-state index in [9.17, 15) is 13.2 Å². The number of carbonyl (C=O) groups is 1. The molecule has 8 heteroatoms. The number of carbonyl (C=O) groups excluding carboxylic acids is 1. The number of anilines is 1. The van der Waals surface area contributed by atoms with E-state index in [4.69, 9.17) is 14.3 Å². The zero-order valence-electron chi connectivity index (χ0n) is 17.0. The molecule has 0 aliphatic carbocycles. The summed E-state index contributed by atoms with van der Waals surface area (Å²) in [6, 6.07) is 21.7. The number of hydrogen-bond donors (Lipinski definition) is 1. The van der Waals surface area contributed by atoms with Crippen molar-refractivity contribution in [1.82, 2.24) is 0 Å². The van der Waals surface area contributed by atoms with E-state index in [0.717, 1.165) is 16.3 Å². The van der Waals surface area contributed by atoms with Gasteiger partial charge in [-0.05, 0) is 59.2 Å². The van der Waals surface area contributed by atoms with Gasteiger partial charge in [0.05, 0.1) is 4.90 Å². The van der Waals surface area contributed by atoms with Crippen LogP contribution in [-0.4, -0.2) is 20.9 Å². The third-order valence-corrected chi connectivity index (χ3v) is 6.41. The summed E-state index contributed by atoms with van der Waals surface area (Å²) in [7, 11) is -3.86.